The summed E-state index contributed by atoms with van der Waals surface area (Å²) in [5.41, 5.74) is 1.56. The van der Waals surface area contributed by atoms with Crippen LogP contribution in [0, 0.1) is 56.7 Å². The molecule has 0 aliphatic heterocycles. The molecule has 186 valence electrons. The van der Waals surface area contributed by atoms with Crippen LogP contribution in [-0.2, 0) is 4.79 Å². The molecule has 0 amide bonds. The second-order valence-corrected chi connectivity index (χ2v) is 14.4. The van der Waals surface area contributed by atoms with E-state index in [1.54, 1.807) is 5.57 Å². The van der Waals surface area contributed by atoms with Crippen molar-refractivity contribution in [2.24, 2.45) is 56.7 Å². The highest BCUT2D eigenvalue weighted by Crippen LogP contribution is 2.75. The average Bonchev–Trinajstić information content (AvgIpc) is 2.75. The van der Waals surface area contributed by atoms with E-state index in [1.165, 1.54) is 25.7 Å². The number of carbonyl (C=O) groups is 1. The van der Waals surface area contributed by atoms with Gasteiger partial charge in [0.1, 0.15) is 0 Å². The molecule has 33 heavy (non-hydrogen) atoms. The minimum atomic E-state index is -1.03. The van der Waals surface area contributed by atoms with Crippen LogP contribution in [0.4, 0.5) is 0 Å². The van der Waals surface area contributed by atoms with E-state index in [4.69, 9.17) is 0 Å². The molecule has 4 fully saturated rings. The standard InChI is InChI=1S/C30H48O3/c1-18-10-13-26(3)16-17-28(5)20(24(26)19(18)2)8-9-21-27(4)14-12-23(31)30(7,25(32)33)22(27)11-15-29(21,28)6/h8,18-19,21-24,31H,9-17H2,1-7H3,(H,32,33)/t18-,19+,21?,22-,23-,24+,26-,27-,28-,29-,30?/m1/s1. The lowest BCUT2D eigenvalue weighted by Crippen LogP contribution is -2.66. The summed E-state index contributed by atoms with van der Waals surface area (Å²) in [6, 6.07) is 0. The Hall–Kier alpha value is -0.830. The Labute approximate surface area is 201 Å². The van der Waals surface area contributed by atoms with Gasteiger partial charge in [0.05, 0.1) is 11.5 Å². The Morgan fingerprint density at radius 2 is 1.61 bits per heavy atom. The third-order valence-corrected chi connectivity index (χ3v) is 13.5. The molecule has 0 aromatic carbocycles. The predicted octanol–water partition coefficient (Wildman–Crippen LogP) is 7.09. The normalized spacial score (nSPS) is 58.2. The second-order valence-electron chi connectivity index (χ2n) is 14.4. The van der Waals surface area contributed by atoms with Crippen molar-refractivity contribution < 1.29 is 15.0 Å². The number of hydrogen-bond acceptors (Lipinski definition) is 2. The first-order valence-electron chi connectivity index (χ1n) is 13.9. The molecular formula is C30H48O3. The zero-order valence-corrected chi connectivity index (χ0v) is 22.2. The molecular weight excluding hydrogens is 408 g/mol. The van der Waals surface area contributed by atoms with Crippen LogP contribution in [-0.4, -0.2) is 22.3 Å². The van der Waals surface area contributed by atoms with E-state index in [0.717, 1.165) is 37.5 Å². The van der Waals surface area contributed by atoms with Crippen LogP contribution >= 0.6 is 0 Å². The van der Waals surface area contributed by atoms with E-state index in [9.17, 15) is 15.0 Å². The van der Waals surface area contributed by atoms with Crippen LogP contribution in [0.25, 0.3) is 0 Å². The van der Waals surface area contributed by atoms with Gasteiger partial charge in [0.15, 0.2) is 0 Å². The van der Waals surface area contributed by atoms with Gasteiger partial charge in [-0.1, -0.05) is 53.2 Å². The Bertz CT molecular complexity index is 878. The van der Waals surface area contributed by atoms with E-state index < -0.39 is 17.5 Å². The van der Waals surface area contributed by atoms with Crippen molar-refractivity contribution in [3.05, 3.63) is 11.6 Å². The Balaban J connectivity index is 1.60. The Kier molecular flexibility index (Phi) is 5.15. The van der Waals surface area contributed by atoms with Gasteiger partial charge in [-0.15, -0.1) is 0 Å². The van der Waals surface area contributed by atoms with Crippen molar-refractivity contribution in [3.63, 3.8) is 0 Å². The monoisotopic (exact) mass is 456 g/mol. The highest BCUT2D eigenvalue weighted by molar-refractivity contribution is 5.76. The number of hydrogen-bond donors (Lipinski definition) is 2. The number of aliphatic carboxylic acids is 1. The molecule has 2 N–H and O–H groups in total. The van der Waals surface area contributed by atoms with E-state index >= 15 is 0 Å². The van der Waals surface area contributed by atoms with Crippen molar-refractivity contribution in [1.29, 1.82) is 0 Å². The highest BCUT2D eigenvalue weighted by atomic mass is 16.4. The Morgan fingerprint density at radius 1 is 0.909 bits per heavy atom. The van der Waals surface area contributed by atoms with Crippen molar-refractivity contribution >= 4 is 5.97 Å². The van der Waals surface area contributed by atoms with Crippen LogP contribution in [0.2, 0.25) is 0 Å². The smallest absolute Gasteiger partial charge is 0.312 e. The van der Waals surface area contributed by atoms with Gasteiger partial charge in [-0.25, -0.2) is 0 Å². The molecule has 11 atom stereocenters. The summed E-state index contributed by atoms with van der Waals surface area (Å²) in [5, 5.41) is 21.1. The second kappa shape index (κ2) is 7.11. The van der Waals surface area contributed by atoms with E-state index in [2.05, 4.69) is 47.6 Å². The molecule has 4 saturated carbocycles. The van der Waals surface area contributed by atoms with Crippen molar-refractivity contribution in [2.75, 3.05) is 0 Å². The van der Waals surface area contributed by atoms with Crippen LogP contribution in [0.3, 0.4) is 0 Å². The van der Waals surface area contributed by atoms with E-state index in [-0.39, 0.29) is 22.2 Å². The van der Waals surface area contributed by atoms with Crippen LogP contribution in [0.1, 0.15) is 106 Å². The fraction of sp³-hybridized carbons (Fsp3) is 0.900. The first kappa shape index (κ1) is 23.9. The summed E-state index contributed by atoms with van der Waals surface area (Å²) in [6.07, 6.45) is 12.0. The summed E-state index contributed by atoms with van der Waals surface area (Å²) in [6.45, 7) is 17.0. The summed E-state index contributed by atoms with van der Waals surface area (Å²) in [4.78, 5) is 12.5. The fourth-order valence-electron chi connectivity index (χ4n) is 10.8. The molecule has 2 unspecified atom stereocenters. The topological polar surface area (TPSA) is 57.5 Å². The zero-order valence-electron chi connectivity index (χ0n) is 22.2. The van der Waals surface area contributed by atoms with Crippen LogP contribution < -0.4 is 0 Å². The molecule has 0 heterocycles. The van der Waals surface area contributed by atoms with Gasteiger partial charge in [0.25, 0.3) is 0 Å². The van der Waals surface area contributed by atoms with Crippen molar-refractivity contribution in [3.8, 4) is 0 Å². The average molecular weight is 457 g/mol. The van der Waals surface area contributed by atoms with E-state index in [1.807, 2.05) is 6.92 Å². The quantitative estimate of drug-likeness (QED) is 0.414. The lowest BCUT2D eigenvalue weighted by molar-refractivity contribution is -0.217. The molecule has 5 rings (SSSR count). The third kappa shape index (κ3) is 2.75. The number of allylic oxidation sites excluding steroid dienone is 2. The number of fused-ring (bicyclic) bond motifs is 7. The minimum Gasteiger partial charge on any atom is -0.481 e. The number of aliphatic hydroxyl groups excluding tert-OH is 1. The maximum absolute atomic E-state index is 12.5. The molecule has 5 aliphatic rings. The van der Waals surface area contributed by atoms with Gasteiger partial charge >= 0.3 is 5.97 Å². The molecule has 0 radical (unpaired) electrons. The predicted molar refractivity (Wildman–Crippen MR) is 133 cm³/mol. The van der Waals surface area contributed by atoms with Crippen molar-refractivity contribution in [2.45, 2.75) is 112 Å². The summed E-state index contributed by atoms with van der Waals surface area (Å²) in [7, 11) is 0. The fourth-order valence-corrected chi connectivity index (χ4v) is 10.8. The summed E-state index contributed by atoms with van der Waals surface area (Å²) < 4.78 is 0. The number of rotatable bonds is 1. The van der Waals surface area contributed by atoms with Gasteiger partial charge in [0.2, 0.25) is 0 Å². The molecule has 0 bridgehead atoms. The Morgan fingerprint density at radius 3 is 2.27 bits per heavy atom. The SMILES string of the molecule is C[C@H]1[C@H](C)CC[C@]2(C)CC[C@]3(C)C(=CCC4[C@@]5(C)CC[C@@H](O)C(C)(C(=O)O)[C@@H]5CC[C@]43C)[C@H]12. The number of carboxylic acids is 1. The maximum atomic E-state index is 12.5. The summed E-state index contributed by atoms with van der Waals surface area (Å²) >= 11 is 0. The number of carboxylic acid groups (broad SMARTS) is 1. The molecule has 3 nitrogen and oxygen atoms in total. The largest absolute Gasteiger partial charge is 0.481 e. The molecule has 0 aromatic heterocycles. The highest BCUT2D eigenvalue weighted by Gasteiger charge is 2.69. The van der Waals surface area contributed by atoms with Crippen molar-refractivity contribution in [1.82, 2.24) is 0 Å². The third-order valence-electron chi connectivity index (χ3n) is 13.5. The first-order chi connectivity index (χ1) is 15.3. The van der Waals surface area contributed by atoms with Crippen LogP contribution in [0.5, 0.6) is 0 Å². The molecule has 3 heteroatoms. The molecule has 5 aliphatic carbocycles. The van der Waals surface area contributed by atoms with E-state index in [0.29, 0.717) is 23.7 Å². The lowest BCUT2D eigenvalue weighted by atomic mass is 9.33. The van der Waals surface area contributed by atoms with Crippen LogP contribution in [0.15, 0.2) is 11.6 Å². The molecule has 0 saturated heterocycles. The molecule has 0 aromatic rings. The first-order valence-corrected chi connectivity index (χ1v) is 13.9. The van der Waals surface area contributed by atoms with Gasteiger partial charge in [-0.2, -0.15) is 0 Å². The van der Waals surface area contributed by atoms with Gasteiger partial charge in [0, 0.05) is 0 Å². The summed E-state index contributed by atoms with van der Waals surface area (Å²) in [5.74, 6) is 1.96. The minimum absolute atomic E-state index is 0.0311. The number of aliphatic hydroxyl groups is 1. The zero-order chi connectivity index (χ0) is 24.2. The van der Waals surface area contributed by atoms with Gasteiger partial charge < -0.3 is 10.2 Å². The lowest BCUT2D eigenvalue weighted by Gasteiger charge is -2.71. The van der Waals surface area contributed by atoms with Gasteiger partial charge in [-0.05, 0) is 116 Å². The maximum Gasteiger partial charge on any atom is 0.312 e. The molecule has 0 spiro atoms. The van der Waals surface area contributed by atoms with Gasteiger partial charge in [-0.3, -0.25) is 4.79 Å².